The fourth-order valence-electron chi connectivity index (χ4n) is 3.04. The molecule has 4 nitrogen and oxygen atoms in total. The predicted molar refractivity (Wildman–Crippen MR) is 100.0 cm³/mol. The quantitative estimate of drug-likeness (QED) is 0.696. The first-order chi connectivity index (χ1) is 11.6. The summed E-state index contributed by atoms with van der Waals surface area (Å²) in [6, 6.07) is 18.2. The molecule has 0 atom stereocenters. The second kappa shape index (κ2) is 6.89. The molecule has 1 aromatic heterocycles. The molecule has 3 aromatic rings. The molecule has 0 saturated carbocycles. The van der Waals surface area contributed by atoms with Gasteiger partial charge in [0.05, 0.1) is 11.0 Å². The minimum Gasteiger partial charge on any atom is -0.300 e. The molecule has 0 amide bonds. The fourth-order valence-corrected chi connectivity index (χ4v) is 3.04. The van der Waals surface area contributed by atoms with Crippen LogP contribution in [0.2, 0.25) is 0 Å². The molecular formula is C20H23N3O. The molecule has 124 valence electrons. The number of allylic oxidation sites excluding steroid dienone is 1. The van der Waals surface area contributed by atoms with Gasteiger partial charge in [-0.3, -0.25) is 9.13 Å². The minimum atomic E-state index is -0.0168. The highest BCUT2D eigenvalue weighted by Crippen LogP contribution is 2.15. The summed E-state index contributed by atoms with van der Waals surface area (Å²) in [7, 11) is 2.08. The molecule has 0 aliphatic carbocycles. The van der Waals surface area contributed by atoms with Gasteiger partial charge in [-0.05, 0) is 31.7 Å². The summed E-state index contributed by atoms with van der Waals surface area (Å²) in [5, 5.41) is 0. The van der Waals surface area contributed by atoms with Crippen LogP contribution < -0.4 is 5.69 Å². The Morgan fingerprint density at radius 2 is 1.67 bits per heavy atom. The van der Waals surface area contributed by atoms with E-state index < -0.39 is 0 Å². The van der Waals surface area contributed by atoms with Gasteiger partial charge in [0.15, 0.2) is 0 Å². The maximum Gasteiger partial charge on any atom is 0.333 e. The lowest BCUT2D eigenvalue weighted by Crippen LogP contribution is -2.29. The topological polar surface area (TPSA) is 30.2 Å². The lowest BCUT2D eigenvalue weighted by molar-refractivity contribution is 0.311. The predicted octanol–water partition coefficient (Wildman–Crippen LogP) is 3.43. The molecule has 0 unspecified atom stereocenters. The van der Waals surface area contributed by atoms with Crippen LogP contribution in [-0.2, 0) is 13.1 Å². The summed E-state index contributed by atoms with van der Waals surface area (Å²) in [6.45, 7) is 8.13. The fraction of sp³-hybridized carbons (Fsp3) is 0.250. The molecule has 0 N–H and O–H groups in total. The minimum absolute atomic E-state index is 0.0168. The number of benzene rings is 2. The average molecular weight is 321 g/mol. The number of fused-ring (bicyclic) bond motifs is 1. The van der Waals surface area contributed by atoms with Crippen LogP contribution in [0, 0.1) is 0 Å². The van der Waals surface area contributed by atoms with E-state index in [1.807, 2.05) is 54.0 Å². The molecular weight excluding hydrogens is 298 g/mol. The Bertz CT molecular complexity index is 906. The van der Waals surface area contributed by atoms with Crippen LogP contribution >= 0.6 is 0 Å². The van der Waals surface area contributed by atoms with E-state index in [0.717, 1.165) is 29.8 Å². The second-order valence-electron chi connectivity index (χ2n) is 6.22. The third-order valence-corrected chi connectivity index (χ3v) is 4.22. The normalized spacial score (nSPS) is 11.3. The largest absolute Gasteiger partial charge is 0.333 e. The zero-order valence-electron chi connectivity index (χ0n) is 14.3. The summed E-state index contributed by atoms with van der Waals surface area (Å²) in [6.07, 6.45) is 0. The van der Waals surface area contributed by atoms with Gasteiger partial charge in [-0.15, -0.1) is 0 Å². The van der Waals surface area contributed by atoms with Crippen molar-refractivity contribution in [3.8, 4) is 0 Å². The van der Waals surface area contributed by atoms with Gasteiger partial charge in [0.2, 0.25) is 0 Å². The lowest BCUT2D eigenvalue weighted by atomic mass is 10.2. The van der Waals surface area contributed by atoms with E-state index in [1.165, 1.54) is 5.56 Å². The van der Waals surface area contributed by atoms with Gasteiger partial charge in [0, 0.05) is 25.3 Å². The van der Waals surface area contributed by atoms with E-state index >= 15 is 0 Å². The maximum atomic E-state index is 12.7. The van der Waals surface area contributed by atoms with E-state index in [9.17, 15) is 4.79 Å². The first-order valence-corrected chi connectivity index (χ1v) is 8.16. The number of nitrogens with zero attached hydrogens (tertiary/aromatic N) is 3. The van der Waals surface area contributed by atoms with Gasteiger partial charge in [-0.1, -0.05) is 49.0 Å². The maximum absolute atomic E-state index is 12.7. The Morgan fingerprint density at radius 1 is 1.04 bits per heavy atom. The molecule has 3 rings (SSSR count). The van der Waals surface area contributed by atoms with Crippen LogP contribution in [-0.4, -0.2) is 27.6 Å². The Morgan fingerprint density at radius 3 is 2.33 bits per heavy atom. The summed E-state index contributed by atoms with van der Waals surface area (Å²) in [5.41, 5.74) is 3.88. The van der Waals surface area contributed by atoms with Crippen molar-refractivity contribution in [2.45, 2.75) is 20.0 Å². The second-order valence-corrected chi connectivity index (χ2v) is 6.22. The van der Waals surface area contributed by atoms with Crippen molar-refractivity contribution in [2.75, 3.05) is 13.6 Å². The van der Waals surface area contributed by atoms with E-state index in [1.54, 1.807) is 4.57 Å². The highest BCUT2D eigenvalue weighted by atomic mass is 16.1. The zero-order valence-corrected chi connectivity index (χ0v) is 14.3. The molecule has 0 radical (unpaired) electrons. The molecule has 2 aromatic carbocycles. The number of likely N-dealkylation sites (N-methyl/N-ethyl adjacent to an activating group) is 1. The van der Waals surface area contributed by atoms with Gasteiger partial charge >= 0.3 is 5.69 Å². The van der Waals surface area contributed by atoms with Crippen molar-refractivity contribution >= 4 is 16.7 Å². The number of rotatable bonds is 6. The monoisotopic (exact) mass is 321 g/mol. The molecule has 24 heavy (non-hydrogen) atoms. The van der Waals surface area contributed by atoms with Crippen LogP contribution in [0.3, 0.4) is 0 Å². The molecule has 0 bridgehead atoms. The van der Waals surface area contributed by atoms with Crippen LogP contribution in [0.25, 0.3) is 16.7 Å². The third-order valence-electron chi connectivity index (χ3n) is 4.22. The van der Waals surface area contributed by atoms with Crippen molar-refractivity contribution in [1.29, 1.82) is 0 Å². The van der Waals surface area contributed by atoms with Gasteiger partial charge in [0.25, 0.3) is 0 Å². The van der Waals surface area contributed by atoms with Crippen molar-refractivity contribution in [2.24, 2.45) is 0 Å². The van der Waals surface area contributed by atoms with Crippen molar-refractivity contribution < 1.29 is 0 Å². The summed E-state index contributed by atoms with van der Waals surface area (Å²) < 4.78 is 3.53. The van der Waals surface area contributed by atoms with Gasteiger partial charge in [0.1, 0.15) is 0 Å². The van der Waals surface area contributed by atoms with Crippen LogP contribution in [0.1, 0.15) is 12.5 Å². The molecule has 0 saturated heterocycles. The summed E-state index contributed by atoms with van der Waals surface area (Å²) in [5.74, 6) is 0. The third kappa shape index (κ3) is 3.19. The molecule has 0 aliphatic rings. The Kier molecular flexibility index (Phi) is 4.67. The first-order valence-electron chi connectivity index (χ1n) is 8.16. The SMILES string of the molecule is C=C(C)n1c(=O)n(CCN(C)Cc2ccccc2)c2ccccc21. The Labute approximate surface area is 142 Å². The summed E-state index contributed by atoms with van der Waals surface area (Å²) >= 11 is 0. The van der Waals surface area contributed by atoms with Crippen LogP contribution in [0.5, 0.6) is 0 Å². The zero-order chi connectivity index (χ0) is 17.1. The highest BCUT2D eigenvalue weighted by molar-refractivity contribution is 5.79. The van der Waals surface area contributed by atoms with Crippen molar-refractivity contribution in [1.82, 2.24) is 14.0 Å². The molecule has 1 heterocycles. The van der Waals surface area contributed by atoms with Gasteiger partial charge in [-0.2, -0.15) is 0 Å². The van der Waals surface area contributed by atoms with Crippen LogP contribution in [0.4, 0.5) is 0 Å². The molecule has 0 aliphatic heterocycles. The van der Waals surface area contributed by atoms with E-state index in [4.69, 9.17) is 0 Å². The average Bonchev–Trinajstić information content (AvgIpc) is 2.85. The van der Waals surface area contributed by atoms with Crippen molar-refractivity contribution in [3.63, 3.8) is 0 Å². The number of aromatic nitrogens is 2. The highest BCUT2D eigenvalue weighted by Gasteiger charge is 2.13. The summed E-state index contributed by atoms with van der Waals surface area (Å²) in [4.78, 5) is 15.0. The first kappa shape index (κ1) is 16.3. The number of imidazole rings is 1. The van der Waals surface area contributed by atoms with E-state index in [2.05, 4.69) is 30.7 Å². The van der Waals surface area contributed by atoms with Gasteiger partial charge in [-0.25, -0.2) is 4.79 Å². The standard InChI is InChI=1S/C20H23N3O/c1-16(2)23-19-12-8-7-11-18(19)22(20(23)24)14-13-21(3)15-17-9-5-4-6-10-17/h4-12H,1,13-15H2,2-3H3. The van der Waals surface area contributed by atoms with E-state index in [0.29, 0.717) is 6.54 Å². The Hall–Kier alpha value is -2.59. The number of para-hydroxylation sites is 2. The van der Waals surface area contributed by atoms with Crippen molar-refractivity contribution in [3.05, 3.63) is 77.2 Å². The van der Waals surface area contributed by atoms with Gasteiger partial charge < -0.3 is 4.90 Å². The van der Waals surface area contributed by atoms with E-state index in [-0.39, 0.29) is 5.69 Å². The molecule has 0 spiro atoms. The number of hydrogen-bond donors (Lipinski definition) is 0. The smallest absolute Gasteiger partial charge is 0.300 e. The lowest BCUT2D eigenvalue weighted by Gasteiger charge is -2.17. The molecule has 0 fully saturated rings. The molecule has 4 heteroatoms. The van der Waals surface area contributed by atoms with Crippen LogP contribution in [0.15, 0.2) is 66.0 Å². The Balaban J connectivity index is 1.82. The number of hydrogen-bond acceptors (Lipinski definition) is 2.